The number of carbonyl (C=O) groups is 2. The largest absolute Gasteiger partial charge is 0.481 e. The molecule has 0 radical (unpaired) electrons. The number of amides is 2. The zero-order valence-electron chi connectivity index (χ0n) is 11.5. The lowest BCUT2D eigenvalue weighted by molar-refractivity contribution is -0.138. The Hall–Kier alpha value is -1.26. The highest BCUT2D eigenvalue weighted by molar-refractivity contribution is 5.76. The molecule has 0 aliphatic heterocycles. The van der Waals surface area contributed by atoms with Crippen LogP contribution in [-0.4, -0.2) is 40.6 Å². The lowest BCUT2D eigenvalue weighted by Crippen LogP contribution is -2.48. The van der Waals surface area contributed by atoms with Gasteiger partial charge in [0.05, 0.1) is 6.42 Å². The highest BCUT2D eigenvalue weighted by atomic mass is 16.4. The highest BCUT2D eigenvalue weighted by Gasteiger charge is 2.26. The number of carboxylic acids is 1. The van der Waals surface area contributed by atoms with Crippen LogP contribution in [0.5, 0.6) is 0 Å². The van der Waals surface area contributed by atoms with Crippen LogP contribution in [0.15, 0.2) is 0 Å². The summed E-state index contributed by atoms with van der Waals surface area (Å²) in [4.78, 5) is 24.3. The van der Waals surface area contributed by atoms with Gasteiger partial charge in [-0.05, 0) is 33.1 Å². The lowest BCUT2D eigenvalue weighted by atomic mass is 10.1. The summed E-state index contributed by atoms with van der Waals surface area (Å²) in [5.41, 5.74) is 0. The number of urea groups is 1. The van der Waals surface area contributed by atoms with E-state index in [-0.39, 0.29) is 24.5 Å². The molecular formula is C13H24N2O3. The van der Waals surface area contributed by atoms with Crippen LogP contribution in [0.2, 0.25) is 0 Å². The Kier molecular flexibility index (Phi) is 5.44. The van der Waals surface area contributed by atoms with Crippen LogP contribution in [-0.2, 0) is 4.79 Å². The van der Waals surface area contributed by atoms with Crippen molar-refractivity contribution in [3.05, 3.63) is 0 Å². The number of hydrogen-bond donors (Lipinski definition) is 2. The molecule has 5 heteroatoms. The molecule has 104 valence electrons. The van der Waals surface area contributed by atoms with E-state index in [2.05, 4.69) is 5.32 Å². The molecule has 1 rings (SSSR count). The Morgan fingerprint density at radius 2 is 2.00 bits per heavy atom. The Morgan fingerprint density at radius 1 is 1.39 bits per heavy atom. The van der Waals surface area contributed by atoms with E-state index in [1.54, 1.807) is 11.8 Å². The summed E-state index contributed by atoms with van der Waals surface area (Å²) in [6.45, 7) is 6.16. The number of carbonyl (C=O) groups excluding carboxylic acids is 1. The maximum atomic E-state index is 12.0. The van der Waals surface area contributed by atoms with Crippen LogP contribution in [0.1, 0.15) is 46.5 Å². The minimum atomic E-state index is -0.875. The van der Waals surface area contributed by atoms with Crippen molar-refractivity contribution >= 4 is 12.0 Å². The predicted molar refractivity (Wildman–Crippen MR) is 69.4 cm³/mol. The van der Waals surface area contributed by atoms with Gasteiger partial charge in [0.25, 0.3) is 0 Å². The van der Waals surface area contributed by atoms with Crippen molar-refractivity contribution in [1.29, 1.82) is 0 Å². The third kappa shape index (κ3) is 4.94. The zero-order valence-corrected chi connectivity index (χ0v) is 11.5. The number of hydrogen-bond acceptors (Lipinski definition) is 2. The van der Waals surface area contributed by atoms with Crippen molar-refractivity contribution in [3.8, 4) is 0 Å². The molecule has 18 heavy (non-hydrogen) atoms. The van der Waals surface area contributed by atoms with Crippen LogP contribution in [0, 0.1) is 5.92 Å². The van der Waals surface area contributed by atoms with Gasteiger partial charge in [-0.3, -0.25) is 4.79 Å². The first kappa shape index (κ1) is 14.8. The smallest absolute Gasteiger partial charge is 0.317 e. The molecule has 0 bridgehead atoms. The molecule has 5 nitrogen and oxygen atoms in total. The molecular weight excluding hydrogens is 232 g/mol. The normalized spacial score (nSPS) is 17.9. The van der Waals surface area contributed by atoms with E-state index in [4.69, 9.17) is 5.11 Å². The Balaban J connectivity index is 2.41. The maximum absolute atomic E-state index is 12.0. The SMILES string of the molecule is CCN(C(=O)NC(C)CC1CC1)C(C)CC(=O)O. The molecule has 2 N–H and O–H groups in total. The van der Waals surface area contributed by atoms with Crippen LogP contribution >= 0.6 is 0 Å². The Morgan fingerprint density at radius 3 is 2.44 bits per heavy atom. The quantitative estimate of drug-likeness (QED) is 0.732. The van der Waals surface area contributed by atoms with Crippen molar-refractivity contribution in [2.24, 2.45) is 5.92 Å². The molecule has 1 saturated carbocycles. The summed E-state index contributed by atoms with van der Waals surface area (Å²) in [5, 5.41) is 11.7. The summed E-state index contributed by atoms with van der Waals surface area (Å²) in [5.74, 6) is -0.105. The first-order valence-electron chi connectivity index (χ1n) is 6.73. The average molecular weight is 256 g/mol. The monoisotopic (exact) mass is 256 g/mol. The van der Waals surface area contributed by atoms with Crippen molar-refractivity contribution in [2.45, 2.75) is 58.5 Å². The van der Waals surface area contributed by atoms with E-state index in [1.807, 2.05) is 13.8 Å². The molecule has 0 heterocycles. The number of rotatable bonds is 7. The topological polar surface area (TPSA) is 69.6 Å². The molecule has 0 aromatic rings. The maximum Gasteiger partial charge on any atom is 0.317 e. The second kappa shape index (κ2) is 6.61. The van der Waals surface area contributed by atoms with Gasteiger partial charge in [-0.15, -0.1) is 0 Å². The summed E-state index contributed by atoms with van der Waals surface area (Å²) in [6, 6.07) is -0.267. The van der Waals surface area contributed by atoms with Gasteiger partial charge in [-0.25, -0.2) is 4.79 Å². The second-order valence-electron chi connectivity index (χ2n) is 5.26. The Labute approximate surface area is 109 Å². The fourth-order valence-electron chi connectivity index (χ4n) is 2.22. The van der Waals surface area contributed by atoms with E-state index in [0.717, 1.165) is 12.3 Å². The fourth-order valence-corrected chi connectivity index (χ4v) is 2.22. The first-order chi connectivity index (χ1) is 8.43. The van der Waals surface area contributed by atoms with E-state index >= 15 is 0 Å². The number of carboxylic acid groups (broad SMARTS) is 1. The summed E-state index contributed by atoms with van der Waals surface area (Å²) in [6.07, 6.45) is 3.55. The standard InChI is InChI=1S/C13H24N2O3/c1-4-15(10(3)8-12(16)17)13(18)14-9(2)7-11-5-6-11/h9-11H,4-8H2,1-3H3,(H,14,18)(H,16,17). The minimum absolute atomic E-state index is 0.0156. The van der Waals surface area contributed by atoms with Crippen LogP contribution in [0.3, 0.4) is 0 Å². The molecule has 2 atom stereocenters. The van der Waals surface area contributed by atoms with E-state index in [1.165, 1.54) is 12.8 Å². The molecule has 1 aliphatic carbocycles. The van der Waals surface area contributed by atoms with Gasteiger partial charge in [-0.1, -0.05) is 12.8 Å². The second-order valence-corrected chi connectivity index (χ2v) is 5.26. The molecule has 1 fully saturated rings. The molecule has 0 aromatic carbocycles. The molecule has 2 unspecified atom stereocenters. The van der Waals surface area contributed by atoms with E-state index in [9.17, 15) is 9.59 Å². The Bertz CT molecular complexity index is 303. The number of nitrogens with zero attached hydrogens (tertiary/aromatic N) is 1. The lowest BCUT2D eigenvalue weighted by Gasteiger charge is -2.28. The van der Waals surface area contributed by atoms with Crippen LogP contribution < -0.4 is 5.32 Å². The molecule has 0 spiro atoms. The minimum Gasteiger partial charge on any atom is -0.481 e. The van der Waals surface area contributed by atoms with Gasteiger partial charge in [-0.2, -0.15) is 0 Å². The average Bonchev–Trinajstić information content (AvgIpc) is 3.00. The summed E-state index contributed by atoms with van der Waals surface area (Å²) in [7, 11) is 0. The first-order valence-corrected chi connectivity index (χ1v) is 6.73. The van der Waals surface area contributed by atoms with E-state index in [0.29, 0.717) is 6.54 Å². The predicted octanol–water partition coefficient (Wildman–Crippen LogP) is 2.07. The zero-order chi connectivity index (χ0) is 13.7. The fraction of sp³-hybridized carbons (Fsp3) is 0.846. The molecule has 0 aromatic heterocycles. The molecule has 0 saturated heterocycles. The van der Waals surface area contributed by atoms with Crippen molar-refractivity contribution in [1.82, 2.24) is 10.2 Å². The van der Waals surface area contributed by atoms with Crippen LogP contribution in [0.4, 0.5) is 4.79 Å². The van der Waals surface area contributed by atoms with E-state index < -0.39 is 5.97 Å². The van der Waals surface area contributed by atoms with Gasteiger partial charge >= 0.3 is 12.0 Å². The van der Waals surface area contributed by atoms with Crippen molar-refractivity contribution in [2.75, 3.05) is 6.54 Å². The van der Waals surface area contributed by atoms with Gasteiger partial charge in [0, 0.05) is 18.6 Å². The van der Waals surface area contributed by atoms with Crippen LogP contribution in [0.25, 0.3) is 0 Å². The summed E-state index contributed by atoms with van der Waals surface area (Å²) < 4.78 is 0. The molecule has 2 amide bonds. The van der Waals surface area contributed by atoms with Gasteiger partial charge in [0.15, 0.2) is 0 Å². The third-order valence-electron chi connectivity index (χ3n) is 3.36. The summed E-state index contributed by atoms with van der Waals surface area (Å²) >= 11 is 0. The molecule has 1 aliphatic rings. The van der Waals surface area contributed by atoms with Gasteiger partial charge < -0.3 is 15.3 Å². The number of nitrogens with one attached hydrogen (secondary N) is 1. The van der Waals surface area contributed by atoms with Crippen molar-refractivity contribution in [3.63, 3.8) is 0 Å². The number of aliphatic carboxylic acids is 1. The van der Waals surface area contributed by atoms with Gasteiger partial charge in [0.1, 0.15) is 0 Å². The van der Waals surface area contributed by atoms with Gasteiger partial charge in [0.2, 0.25) is 0 Å². The highest BCUT2D eigenvalue weighted by Crippen LogP contribution is 2.33. The van der Waals surface area contributed by atoms with Crippen molar-refractivity contribution < 1.29 is 14.7 Å². The third-order valence-corrected chi connectivity index (χ3v) is 3.36.